The van der Waals surface area contributed by atoms with Gasteiger partial charge in [-0.15, -0.1) is 0 Å². The molecule has 0 aromatic heterocycles. The number of allylic oxidation sites excluding steroid dienone is 14. The van der Waals surface area contributed by atoms with Crippen LogP contribution in [0, 0.1) is 0 Å². The lowest BCUT2D eigenvalue weighted by Crippen LogP contribution is -2.30. The van der Waals surface area contributed by atoms with E-state index in [0.717, 1.165) is 70.6 Å². The highest BCUT2D eigenvalue weighted by Gasteiger charge is 2.19. The predicted molar refractivity (Wildman–Crippen MR) is 279 cm³/mol. The molecule has 0 aliphatic heterocycles. The third kappa shape index (κ3) is 51.4. The zero-order chi connectivity index (χ0) is 47.2. The van der Waals surface area contributed by atoms with Crippen molar-refractivity contribution in [2.45, 2.75) is 258 Å². The molecule has 0 spiro atoms. The average molecular weight is 905 g/mol. The SMILES string of the molecule is CCCCC/C=C\C/C=C\C/C=C\CCCCC(=O)OC[C@H](COC(=O)CCCCCCCCC/C=C\CCCCCC)OC(=O)CCC/C=C\C/C=C\C/C=C\CCCCCCCC. The van der Waals surface area contributed by atoms with Crippen molar-refractivity contribution < 1.29 is 28.6 Å². The Bertz CT molecular complexity index is 1270. The molecule has 0 amide bonds. The Hall–Kier alpha value is -3.41. The summed E-state index contributed by atoms with van der Waals surface area (Å²) >= 11 is 0. The van der Waals surface area contributed by atoms with E-state index in [1.165, 1.54) is 135 Å². The summed E-state index contributed by atoms with van der Waals surface area (Å²) in [6.07, 6.45) is 68.6. The van der Waals surface area contributed by atoms with Crippen LogP contribution < -0.4 is 0 Å². The van der Waals surface area contributed by atoms with Crippen LogP contribution >= 0.6 is 0 Å². The van der Waals surface area contributed by atoms with E-state index in [9.17, 15) is 14.4 Å². The molecule has 0 rings (SSSR count). The van der Waals surface area contributed by atoms with E-state index in [1.807, 2.05) is 0 Å². The molecule has 372 valence electrons. The van der Waals surface area contributed by atoms with E-state index in [4.69, 9.17) is 14.2 Å². The zero-order valence-electron chi connectivity index (χ0n) is 42.5. The van der Waals surface area contributed by atoms with Crippen LogP contribution in [0.25, 0.3) is 0 Å². The summed E-state index contributed by atoms with van der Waals surface area (Å²) in [5.41, 5.74) is 0. The second-order valence-corrected chi connectivity index (χ2v) is 17.8. The fourth-order valence-electron chi connectivity index (χ4n) is 7.22. The van der Waals surface area contributed by atoms with Crippen LogP contribution in [0.15, 0.2) is 85.1 Å². The van der Waals surface area contributed by atoms with E-state index in [0.29, 0.717) is 19.3 Å². The van der Waals surface area contributed by atoms with Gasteiger partial charge in [-0.25, -0.2) is 0 Å². The third-order valence-corrected chi connectivity index (χ3v) is 11.3. The molecule has 0 saturated carbocycles. The van der Waals surface area contributed by atoms with Crippen molar-refractivity contribution in [1.29, 1.82) is 0 Å². The van der Waals surface area contributed by atoms with Crippen molar-refractivity contribution >= 4 is 17.9 Å². The summed E-state index contributed by atoms with van der Waals surface area (Å²) in [5.74, 6) is -1.01. The van der Waals surface area contributed by atoms with Crippen molar-refractivity contribution in [3.63, 3.8) is 0 Å². The molecular formula is C59H100O6. The number of carbonyl (C=O) groups is 3. The molecular weight excluding hydrogens is 805 g/mol. The molecule has 0 N–H and O–H groups in total. The highest BCUT2D eigenvalue weighted by molar-refractivity contribution is 5.71. The topological polar surface area (TPSA) is 78.9 Å². The summed E-state index contributed by atoms with van der Waals surface area (Å²) in [6.45, 7) is 6.51. The van der Waals surface area contributed by atoms with Crippen LogP contribution in [0.1, 0.15) is 252 Å². The van der Waals surface area contributed by atoms with Gasteiger partial charge in [0.15, 0.2) is 6.10 Å². The maximum Gasteiger partial charge on any atom is 0.306 e. The van der Waals surface area contributed by atoms with Gasteiger partial charge in [-0.1, -0.05) is 202 Å². The number of esters is 3. The van der Waals surface area contributed by atoms with Crippen LogP contribution in [0.4, 0.5) is 0 Å². The first kappa shape index (κ1) is 61.6. The number of rotatable bonds is 48. The molecule has 0 heterocycles. The van der Waals surface area contributed by atoms with E-state index < -0.39 is 6.10 Å². The minimum atomic E-state index is -0.820. The molecule has 0 aromatic rings. The van der Waals surface area contributed by atoms with Gasteiger partial charge in [-0.05, 0) is 116 Å². The van der Waals surface area contributed by atoms with Gasteiger partial charge >= 0.3 is 17.9 Å². The lowest BCUT2D eigenvalue weighted by atomic mass is 10.1. The summed E-state index contributed by atoms with van der Waals surface area (Å²) in [7, 11) is 0. The fraction of sp³-hybridized carbons (Fsp3) is 0.712. The number of ether oxygens (including phenoxy) is 3. The largest absolute Gasteiger partial charge is 0.462 e. The third-order valence-electron chi connectivity index (χ3n) is 11.3. The second kappa shape index (κ2) is 53.2. The molecule has 0 aromatic carbocycles. The maximum atomic E-state index is 12.8. The Morgan fingerprint density at radius 3 is 1.00 bits per heavy atom. The first-order chi connectivity index (χ1) is 32.0. The van der Waals surface area contributed by atoms with Crippen molar-refractivity contribution in [2.24, 2.45) is 0 Å². The van der Waals surface area contributed by atoms with Crippen LogP contribution in [0.3, 0.4) is 0 Å². The van der Waals surface area contributed by atoms with Crippen molar-refractivity contribution in [1.82, 2.24) is 0 Å². The molecule has 0 aliphatic carbocycles. The van der Waals surface area contributed by atoms with E-state index >= 15 is 0 Å². The van der Waals surface area contributed by atoms with Crippen LogP contribution in [-0.4, -0.2) is 37.2 Å². The molecule has 65 heavy (non-hydrogen) atoms. The van der Waals surface area contributed by atoms with Gasteiger partial charge in [-0.3, -0.25) is 14.4 Å². The first-order valence-electron chi connectivity index (χ1n) is 27.1. The molecule has 1 atom stereocenters. The van der Waals surface area contributed by atoms with Gasteiger partial charge in [0.2, 0.25) is 0 Å². The molecule has 6 nitrogen and oxygen atoms in total. The molecule has 0 aliphatic rings. The standard InChI is InChI=1S/C59H100O6/c1-4-7-10-13-16-19-22-25-28-29-32-35-38-41-44-47-50-53-59(62)65-56(54-63-57(60)51-48-45-42-39-36-33-30-26-23-20-17-14-11-8-5-2)55-64-58(61)52-49-46-43-40-37-34-31-27-24-21-18-15-12-9-6-3/h17,20-21,24-26,28,30,32,35-36,39,41,44,56H,4-16,18-19,22-23,27,29,31,33-34,37-38,40,42-43,45-55H2,1-3H3/b20-17-,24-21-,28-25-,30-26-,35-32-,39-36-,44-41-/t56-/m1/s1. The molecule has 6 heteroatoms. The Morgan fingerprint density at radius 1 is 0.308 bits per heavy atom. The fourth-order valence-corrected chi connectivity index (χ4v) is 7.22. The monoisotopic (exact) mass is 905 g/mol. The number of hydrogen-bond acceptors (Lipinski definition) is 6. The predicted octanol–water partition coefficient (Wildman–Crippen LogP) is 18.0. The lowest BCUT2D eigenvalue weighted by Gasteiger charge is -2.18. The van der Waals surface area contributed by atoms with Crippen molar-refractivity contribution in [3.8, 4) is 0 Å². The van der Waals surface area contributed by atoms with Gasteiger partial charge in [0.25, 0.3) is 0 Å². The Morgan fingerprint density at radius 2 is 0.569 bits per heavy atom. The summed E-state index contributed by atoms with van der Waals surface area (Å²) in [6, 6.07) is 0. The lowest BCUT2D eigenvalue weighted by molar-refractivity contribution is -0.167. The van der Waals surface area contributed by atoms with Crippen molar-refractivity contribution in [3.05, 3.63) is 85.1 Å². The Kier molecular flexibility index (Phi) is 50.4. The number of carbonyl (C=O) groups excluding carboxylic acids is 3. The van der Waals surface area contributed by atoms with Gasteiger partial charge < -0.3 is 14.2 Å². The Labute approximate surface area is 401 Å². The molecule has 0 bridgehead atoms. The quantitative estimate of drug-likeness (QED) is 0.0262. The van der Waals surface area contributed by atoms with E-state index in [-0.39, 0.29) is 37.5 Å². The second-order valence-electron chi connectivity index (χ2n) is 17.8. The zero-order valence-corrected chi connectivity index (χ0v) is 42.5. The summed E-state index contributed by atoms with van der Waals surface area (Å²) in [4.78, 5) is 38.0. The van der Waals surface area contributed by atoms with Crippen LogP contribution in [0.5, 0.6) is 0 Å². The smallest absolute Gasteiger partial charge is 0.306 e. The van der Waals surface area contributed by atoms with Crippen LogP contribution in [0.2, 0.25) is 0 Å². The number of hydrogen-bond donors (Lipinski definition) is 0. The maximum absolute atomic E-state index is 12.8. The highest BCUT2D eigenvalue weighted by Crippen LogP contribution is 2.13. The minimum Gasteiger partial charge on any atom is -0.462 e. The normalized spacial score (nSPS) is 12.7. The van der Waals surface area contributed by atoms with E-state index in [2.05, 4.69) is 106 Å². The first-order valence-corrected chi connectivity index (χ1v) is 27.1. The molecule has 0 radical (unpaired) electrons. The van der Waals surface area contributed by atoms with Gasteiger partial charge in [0.05, 0.1) is 0 Å². The highest BCUT2D eigenvalue weighted by atomic mass is 16.6. The molecule has 0 saturated heterocycles. The Balaban J connectivity index is 4.53. The van der Waals surface area contributed by atoms with E-state index in [1.54, 1.807) is 0 Å². The summed E-state index contributed by atoms with van der Waals surface area (Å²) in [5, 5.41) is 0. The molecule has 0 unspecified atom stereocenters. The van der Waals surface area contributed by atoms with Crippen molar-refractivity contribution in [2.75, 3.05) is 13.2 Å². The number of unbranched alkanes of at least 4 members (excludes halogenated alkanes) is 23. The van der Waals surface area contributed by atoms with Gasteiger partial charge in [0.1, 0.15) is 13.2 Å². The van der Waals surface area contributed by atoms with Crippen LogP contribution in [-0.2, 0) is 28.6 Å². The minimum absolute atomic E-state index is 0.111. The average Bonchev–Trinajstić information content (AvgIpc) is 3.30. The van der Waals surface area contributed by atoms with Gasteiger partial charge in [0, 0.05) is 19.3 Å². The summed E-state index contributed by atoms with van der Waals surface area (Å²) < 4.78 is 16.7. The van der Waals surface area contributed by atoms with Gasteiger partial charge in [-0.2, -0.15) is 0 Å². The molecule has 0 fully saturated rings.